The molecule has 2 aromatic rings. The summed E-state index contributed by atoms with van der Waals surface area (Å²) in [4.78, 5) is 17.8. The average Bonchev–Trinajstić information content (AvgIpc) is 2.83. The molecule has 18 heavy (non-hydrogen) atoms. The molecular weight excluding hydrogens is 246 g/mol. The Kier molecular flexibility index (Phi) is 3.61. The number of Topliss-reactive ketones (excluding diaryl/α,β-unsaturated/α-hetero) is 1. The molecule has 0 aliphatic rings. The highest BCUT2D eigenvalue weighted by Gasteiger charge is 2.16. The largest absolute Gasteiger partial charge is 0.294 e. The first kappa shape index (κ1) is 13.0. The zero-order valence-corrected chi connectivity index (χ0v) is 12.0. The van der Waals surface area contributed by atoms with Crippen molar-refractivity contribution in [2.24, 2.45) is 7.05 Å². The van der Waals surface area contributed by atoms with Crippen LogP contribution in [0.15, 0.2) is 6.20 Å². The van der Waals surface area contributed by atoms with Crippen LogP contribution in [-0.4, -0.2) is 20.5 Å². The number of hydrogen-bond donors (Lipinski definition) is 0. The van der Waals surface area contributed by atoms with Crippen LogP contribution in [0.4, 0.5) is 0 Å². The van der Waals surface area contributed by atoms with Crippen LogP contribution >= 0.6 is 11.3 Å². The lowest BCUT2D eigenvalue weighted by molar-refractivity contribution is 0.0992. The molecule has 0 aliphatic carbocycles. The first-order chi connectivity index (χ1) is 8.51. The normalized spacial score (nSPS) is 10.9. The van der Waals surface area contributed by atoms with E-state index in [1.165, 1.54) is 4.88 Å². The molecule has 0 amide bonds. The second-order valence-corrected chi connectivity index (χ2v) is 5.65. The second-order valence-electron chi connectivity index (χ2n) is 4.37. The van der Waals surface area contributed by atoms with E-state index in [2.05, 4.69) is 10.1 Å². The van der Waals surface area contributed by atoms with Gasteiger partial charge in [-0.05, 0) is 20.3 Å². The van der Waals surface area contributed by atoms with Crippen molar-refractivity contribution in [3.05, 3.63) is 33.0 Å². The predicted molar refractivity (Wildman–Crippen MR) is 72.2 cm³/mol. The maximum absolute atomic E-state index is 12.2. The van der Waals surface area contributed by atoms with E-state index in [0.29, 0.717) is 6.42 Å². The van der Waals surface area contributed by atoms with E-state index in [1.54, 1.807) is 22.2 Å². The van der Waals surface area contributed by atoms with Gasteiger partial charge in [-0.15, -0.1) is 11.3 Å². The predicted octanol–water partition coefficient (Wildman–Crippen LogP) is 2.48. The molecule has 0 saturated heterocycles. The van der Waals surface area contributed by atoms with Gasteiger partial charge in [0, 0.05) is 18.1 Å². The summed E-state index contributed by atoms with van der Waals surface area (Å²) in [6.45, 7) is 6.01. The minimum Gasteiger partial charge on any atom is -0.294 e. The fourth-order valence-corrected chi connectivity index (χ4v) is 2.81. The molecule has 2 aromatic heterocycles. The Hall–Kier alpha value is -1.49. The molecule has 96 valence electrons. The minimum absolute atomic E-state index is 0.105. The molecule has 0 aromatic carbocycles. The topological polar surface area (TPSA) is 47.8 Å². The van der Waals surface area contributed by atoms with Gasteiger partial charge in [0.1, 0.15) is 5.01 Å². The van der Waals surface area contributed by atoms with Crippen LogP contribution in [0.1, 0.15) is 38.6 Å². The highest BCUT2D eigenvalue weighted by atomic mass is 32.1. The number of rotatable bonds is 4. The lowest BCUT2D eigenvalue weighted by atomic mass is 10.1. The number of aryl methyl sites for hydroxylation is 4. The van der Waals surface area contributed by atoms with Crippen molar-refractivity contribution in [3.63, 3.8) is 0 Å². The number of hydrogen-bond acceptors (Lipinski definition) is 4. The third-order valence-electron chi connectivity index (χ3n) is 2.93. The molecule has 0 unspecified atom stereocenters. The maximum Gasteiger partial charge on any atom is 0.173 e. The van der Waals surface area contributed by atoms with E-state index in [1.807, 2.05) is 27.8 Å². The molecule has 0 atom stereocenters. The van der Waals surface area contributed by atoms with Crippen molar-refractivity contribution < 1.29 is 4.79 Å². The Morgan fingerprint density at radius 2 is 2.17 bits per heavy atom. The Bertz CT molecular complexity index is 564. The summed E-state index contributed by atoms with van der Waals surface area (Å²) in [7, 11) is 1.84. The zero-order chi connectivity index (χ0) is 13.3. The first-order valence-corrected chi connectivity index (χ1v) is 6.81. The van der Waals surface area contributed by atoms with Gasteiger partial charge in [0.25, 0.3) is 0 Å². The van der Waals surface area contributed by atoms with Crippen LogP contribution < -0.4 is 0 Å². The number of carbonyl (C=O) groups is 1. The minimum atomic E-state index is 0.105. The molecule has 5 heteroatoms. The molecule has 0 bridgehead atoms. The SMILES string of the molecule is CCc1nn(C)cc1C(=O)Cc1nc(C)c(C)s1. The van der Waals surface area contributed by atoms with Crippen LogP contribution in [0.2, 0.25) is 0 Å². The van der Waals surface area contributed by atoms with Crippen molar-refractivity contribution in [3.8, 4) is 0 Å². The number of aromatic nitrogens is 3. The Morgan fingerprint density at radius 1 is 1.44 bits per heavy atom. The highest BCUT2D eigenvalue weighted by molar-refractivity contribution is 7.11. The molecule has 4 nitrogen and oxygen atoms in total. The van der Waals surface area contributed by atoms with Crippen LogP contribution in [0.25, 0.3) is 0 Å². The summed E-state index contributed by atoms with van der Waals surface area (Å²) in [6.07, 6.45) is 2.95. The smallest absolute Gasteiger partial charge is 0.173 e. The molecule has 0 spiro atoms. The fourth-order valence-electron chi connectivity index (χ4n) is 1.88. The molecule has 0 saturated carbocycles. The molecule has 0 radical (unpaired) electrons. The summed E-state index contributed by atoms with van der Waals surface area (Å²) in [6, 6.07) is 0. The summed E-state index contributed by atoms with van der Waals surface area (Å²) in [5, 5.41) is 5.18. The van der Waals surface area contributed by atoms with E-state index in [9.17, 15) is 4.79 Å². The van der Waals surface area contributed by atoms with Crippen LogP contribution in [0.3, 0.4) is 0 Å². The van der Waals surface area contributed by atoms with Gasteiger partial charge in [0.15, 0.2) is 5.78 Å². The van der Waals surface area contributed by atoms with Crippen molar-refractivity contribution in [1.82, 2.24) is 14.8 Å². The number of thiazole rings is 1. The number of ketones is 1. The summed E-state index contributed by atoms with van der Waals surface area (Å²) < 4.78 is 1.70. The standard InChI is InChI=1S/C13H17N3OS/c1-5-11-10(7-16(4)15-11)12(17)6-13-14-8(2)9(3)18-13/h7H,5-6H2,1-4H3. The van der Waals surface area contributed by atoms with Crippen molar-refractivity contribution in [1.29, 1.82) is 0 Å². The second kappa shape index (κ2) is 5.02. The maximum atomic E-state index is 12.2. The van der Waals surface area contributed by atoms with Crippen molar-refractivity contribution in [2.75, 3.05) is 0 Å². The van der Waals surface area contributed by atoms with Crippen LogP contribution in [-0.2, 0) is 19.9 Å². The third kappa shape index (κ3) is 2.51. The van der Waals surface area contributed by atoms with E-state index >= 15 is 0 Å². The summed E-state index contributed by atoms with van der Waals surface area (Å²) in [5.41, 5.74) is 2.61. The first-order valence-electron chi connectivity index (χ1n) is 6.00. The number of carbonyl (C=O) groups excluding carboxylic acids is 1. The Balaban J connectivity index is 2.21. The zero-order valence-electron chi connectivity index (χ0n) is 11.1. The van der Waals surface area contributed by atoms with Gasteiger partial charge in [-0.2, -0.15) is 5.10 Å². The molecule has 0 aliphatic heterocycles. The van der Waals surface area contributed by atoms with Crippen molar-refractivity contribution >= 4 is 17.1 Å². The van der Waals surface area contributed by atoms with Gasteiger partial charge < -0.3 is 0 Å². The van der Waals surface area contributed by atoms with Gasteiger partial charge >= 0.3 is 0 Å². The lowest BCUT2D eigenvalue weighted by Gasteiger charge is -1.97. The monoisotopic (exact) mass is 263 g/mol. The molecule has 2 rings (SSSR count). The van der Waals surface area contributed by atoms with E-state index in [4.69, 9.17) is 0 Å². The van der Waals surface area contributed by atoms with Gasteiger partial charge in [0.05, 0.1) is 23.4 Å². The number of nitrogens with zero attached hydrogens (tertiary/aromatic N) is 3. The quantitative estimate of drug-likeness (QED) is 0.796. The van der Waals surface area contributed by atoms with E-state index in [0.717, 1.165) is 28.4 Å². The average molecular weight is 263 g/mol. The van der Waals surface area contributed by atoms with E-state index in [-0.39, 0.29) is 5.78 Å². The summed E-state index contributed by atoms with van der Waals surface area (Å²) in [5.74, 6) is 0.105. The molecule has 0 fully saturated rings. The molecule has 0 N–H and O–H groups in total. The van der Waals surface area contributed by atoms with Gasteiger partial charge in [-0.25, -0.2) is 4.98 Å². The van der Waals surface area contributed by atoms with Crippen molar-refractivity contribution in [2.45, 2.75) is 33.6 Å². The van der Waals surface area contributed by atoms with Gasteiger partial charge in [-0.1, -0.05) is 6.92 Å². The lowest BCUT2D eigenvalue weighted by Crippen LogP contribution is -2.05. The van der Waals surface area contributed by atoms with Gasteiger partial charge in [-0.3, -0.25) is 9.48 Å². The highest BCUT2D eigenvalue weighted by Crippen LogP contribution is 2.19. The molecule has 2 heterocycles. The third-order valence-corrected chi connectivity index (χ3v) is 4.00. The molecular formula is C13H17N3OS. The fraction of sp³-hybridized carbons (Fsp3) is 0.462. The Morgan fingerprint density at radius 3 is 2.72 bits per heavy atom. The Labute approximate surface area is 111 Å². The van der Waals surface area contributed by atoms with E-state index < -0.39 is 0 Å². The van der Waals surface area contributed by atoms with Gasteiger partial charge in [0.2, 0.25) is 0 Å². The summed E-state index contributed by atoms with van der Waals surface area (Å²) >= 11 is 1.60. The van der Waals surface area contributed by atoms with Crippen LogP contribution in [0, 0.1) is 13.8 Å². The van der Waals surface area contributed by atoms with Crippen LogP contribution in [0.5, 0.6) is 0 Å².